The normalized spacial score (nSPS) is 13.4. The van der Waals surface area contributed by atoms with Gasteiger partial charge in [-0.05, 0) is 6.42 Å². The first kappa shape index (κ1) is 14.3. The molecule has 1 unspecified atom stereocenters. The van der Waals surface area contributed by atoms with Gasteiger partial charge in [0.1, 0.15) is 6.10 Å². The molecule has 1 aromatic heterocycles. The molecule has 1 aromatic rings. The van der Waals surface area contributed by atoms with Crippen LogP contribution < -0.4 is 5.32 Å². The molecule has 0 saturated carbocycles. The van der Waals surface area contributed by atoms with E-state index in [9.17, 15) is 8.78 Å². The molecule has 17 heavy (non-hydrogen) atoms. The summed E-state index contributed by atoms with van der Waals surface area (Å²) in [6, 6.07) is 0. The van der Waals surface area contributed by atoms with Crippen molar-refractivity contribution in [1.29, 1.82) is 0 Å². The maximum atomic E-state index is 12.0. The molecule has 0 spiro atoms. The molecule has 0 saturated heterocycles. The molecular weight excluding hydrogens is 252 g/mol. The fourth-order valence-corrected chi connectivity index (χ4v) is 1.80. The minimum atomic E-state index is -2.74. The van der Waals surface area contributed by atoms with Gasteiger partial charge in [-0.3, -0.25) is 4.68 Å². The number of aliphatic hydroxyl groups excluding tert-OH is 1. The van der Waals surface area contributed by atoms with Crippen molar-refractivity contribution in [2.75, 3.05) is 6.54 Å². The van der Waals surface area contributed by atoms with Gasteiger partial charge in [-0.2, -0.15) is 5.10 Å². The maximum absolute atomic E-state index is 12.0. The van der Waals surface area contributed by atoms with E-state index in [1.54, 1.807) is 11.7 Å². The third kappa shape index (κ3) is 3.62. The van der Waals surface area contributed by atoms with Crippen LogP contribution in [0, 0.1) is 0 Å². The molecule has 0 aliphatic carbocycles. The van der Waals surface area contributed by atoms with Gasteiger partial charge in [0.25, 0.3) is 6.43 Å². The van der Waals surface area contributed by atoms with Crippen molar-refractivity contribution in [2.45, 2.75) is 32.4 Å². The number of halogens is 3. The summed E-state index contributed by atoms with van der Waals surface area (Å²) in [4.78, 5) is 0. The van der Waals surface area contributed by atoms with Gasteiger partial charge in [0.2, 0.25) is 0 Å². The van der Waals surface area contributed by atoms with E-state index in [-0.39, 0.29) is 6.54 Å². The average molecular weight is 268 g/mol. The summed E-state index contributed by atoms with van der Waals surface area (Å²) in [7, 11) is 1.74. The van der Waals surface area contributed by atoms with Crippen LogP contribution in [-0.4, -0.2) is 34.0 Å². The Morgan fingerprint density at radius 2 is 2.18 bits per heavy atom. The first-order chi connectivity index (χ1) is 7.97. The van der Waals surface area contributed by atoms with Crippen molar-refractivity contribution in [1.82, 2.24) is 15.1 Å². The van der Waals surface area contributed by atoms with E-state index in [1.165, 1.54) is 0 Å². The van der Waals surface area contributed by atoms with Crippen molar-refractivity contribution in [3.8, 4) is 0 Å². The van der Waals surface area contributed by atoms with Gasteiger partial charge >= 0.3 is 0 Å². The van der Waals surface area contributed by atoms with Crippen molar-refractivity contribution in [2.24, 2.45) is 7.05 Å². The number of aliphatic hydroxyl groups is 1. The maximum Gasteiger partial charge on any atom is 0.265 e. The van der Waals surface area contributed by atoms with Crippen LogP contribution in [0.5, 0.6) is 0 Å². The molecule has 1 heterocycles. The topological polar surface area (TPSA) is 50.1 Å². The zero-order valence-electron chi connectivity index (χ0n) is 9.75. The van der Waals surface area contributed by atoms with Crippen molar-refractivity contribution in [3.05, 3.63) is 16.4 Å². The van der Waals surface area contributed by atoms with Gasteiger partial charge in [-0.15, -0.1) is 0 Å². The highest BCUT2D eigenvalue weighted by Gasteiger charge is 2.17. The predicted octanol–water partition coefficient (Wildman–Crippen LogP) is 1.35. The molecule has 1 rings (SSSR count). The Balaban J connectivity index is 2.55. The number of aryl methyl sites for hydroxylation is 2. The first-order valence-corrected chi connectivity index (χ1v) is 5.72. The van der Waals surface area contributed by atoms with Crippen LogP contribution in [0.15, 0.2) is 0 Å². The van der Waals surface area contributed by atoms with Crippen molar-refractivity contribution >= 4 is 11.6 Å². The number of nitrogens with zero attached hydrogens (tertiary/aromatic N) is 2. The van der Waals surface area contributed by atoms with Gasteiger partial charge in [0.15, 0.2) is 0 Å². The summed E-state index contributed by atoms with van der Waals surface area (Å²) in [6.45, 7) is 2.05. The van der Waals surface area contributed by atoms with Crippen LogP contribution in [0.1, 0.15) is 18.3 Å². The second-order valence-electron chi connectivity index (χ2n) is 3.72. The first-order valence-electron chi connectivity index (χ1n) is 5.34. The monoisotopic (exact) mass is 267 g/mol. The van der Waals surface area contributed by atoms with E-state index < -0.39 is 12.5 Å². The minimum Gasteiger partial charge on any atom is -0.386 e. The predicted molar refractivity (Wildman–Crippen MR) is 61.3 cm³/mol. The summed E-state index contributed by atoms with van der Waals surface area (Å²) in [5.74, 6) is 0. The number of aromatic nitrogens is 2. The molecule has 98 valence electrons. The van der Waals surface area contributed by atoms with Crippen LogP contribution in [0.4, 0.5) is 8.78 Å². The van der Waals surface area contributed by atoms with Gasteiger partial charge < -0.3 is 10.4 Å². The van der Waals surface area contributed by atoms with Gasteiger partial charge in [-0.1, -0.05) is 18.5 Å². The zero-order chi connectivity index (χ0) is 13.0. The molecule has 0 radical (unpaired) electrons. The second kappa shape index (κ2) is 6.28. The molecule has 0 aromatic carbocycles. The number of rotatable bonds is 6. The average Bonchev–Trinajstić information content (AvgIpc) is 2.55. The van der Waals surface area contributed by atoms with Crippen LogP contribution in [0.2, 0.25) is 5.02 Å². The van der Waals surface area contributed by atoms with E-state index in [0.29, 0.717) is 18.0 Å². The fourth-order valence-electron chi connectivity index (χ4n) is 1.44. The Morgan fingerprint density at radius 1 is 1.53 bits per heavy atom. The minimum absolute atomic E-state index is 0.180. The molecule has 7 heteroatoms. The Bertz CT molecular complexity index is 371. The lowest BCUT2D eigenvalue weighted by Crippen LogP contribution is -2.32. The summed E-state index contributed by atoms with van der Waals surface area (Å²) in [5, 5.41) is 16.4. The summed E-state index contributed by atoms with van der Waals surface area (Å²) >= 11 is 6.07. The van der Waals surface area contributed by atoms with Crippen LogP contribution >= 0.6 is 11.6 Å². The molecule has 0 fully saturated rings. The van der Waals surface area contributed by atoms with Crippen molar-refractivity contribution < 1.29 is 13.9 Å². The Kier molecular flexibility index (Phi) is 5.30. The standard InChI is InChI=1S/C10H16ClF2N3O/c1-3-6-9(11)7(16(2)15-6)4-14-5-8(17)10(12)13/h8,10,14,17H,3-5H2,1-2H3. The van der Waals surface area contributed by atoms with Gasteiger partial charge in [0, 0.05) is 20.1 Å². The number of alkyl halides is 2. The molecule has 0 aliphatic heterocycles. The number of hydrogen-bond acceptors (Lipinski definition) is 3. The highest BCUT2D eigenvalue weighted by atomic mass is 35.5. The Labute approximate surface area is 104 Å². The highest BCUT2D eigenvalue weighted by molar-refractivity contribution is 6.31. The molecule has 1 atom stereocenters. The molecule has 0 aliphatic rings. The Hall–Kier alpha value is -0.720. The largest absolute Gasteiger partial charge is 0.386 e. The van der Waals surface area contributed by atoms with E-state index in [4.69, 9.17) is 16.7 Å². The third-order valence-corrected chi connectivity index (χ3v) is 2.88. The van der Waals surface area contributed by atoms with Crippen LogP contribution in [0.3, 0.4) is 0 Å². The second-order valence-corrected chi connectivity index (χ2v) is 4.10. The lowest BCUT2D eigenvalue weighted by molar-refractivity contribution is -0.00347. The fraction of sp³-hybridized carbons (Fsp3) is 0.700. The lowest BCUT2D eigenvalue weighted by Gasteiger charge is -2.10. The smallest absolute Gasteiger partial charge is 0.265 e. The van der Waals surface area contributed by atoms with Crippen LogP contribution in [0.25, 0.3) is 0 Å². The molecule has 2 N–H and O–H groups in total. The summed E-state index contributed by atoms with van der Waals surface area (Å²) in [5.41, 5.74) is 1.50. The summed E-state index contributed by atoms with van der Waals surface area (Å²) < 4.78 is 25.7. The molecule has 0 bridgehead atoms. The van der Waals surface area contributed by atoms with Gasteiger partial charge in [0.05, 0.1) is 16.4 Å². The van der Waals surface area contributed by atoms with Crippen LogP contribution in [-0.2, 0) is 20.0 Å². The SMILES string of the molecule is CCc1nn(C)c(CNCC(O)C(F)F)c1Cl. The van der Waals surface area contributed by atoms with E-state index >= 15 is 0 Å². The number of nitrogens with one attached hydrogen (secondary N) is 1. The molecule has 0 amide bonds. The summed E-state index contributed by atoms with van der Waals surface area (Å²) in [6.07, 6.45) is -3.69. The lowest BCUT2D eigenvalue weighted by atomic mass is 10.3. The van der Waals surface area contributed by atoms with E-state index in [2.05, 4.69) is 10.4 Å². The van der Waals surface area contributed by atoms with E-state index in [1.807, 2.05) is 6.92 Å². The quantitative estimate of drug-likeness (QED) is 0.818. The zero-order valence-corrected chi connectivity index (χ0v) is 10.5. The number of hydrogen-bond donors (Lipinski definition) is 2. The molecule has 4 nitrogen and oxygen atoms in total. The Morgan fingerprint density at radius 3 is 2.65 bits per heavy atom. The van der Waals surface area contributed by atoms with E-state index in [0.717, 1.165) is 11.4 Å². The highest BCUT2D eigenvalue weighted by Crippen LogP contribution is 2.20. The third-order valence-electron chi connectivity index (χ3n) is 2.44. The van der Waals surface area contributed by atoms with Gasteiger partial charge in [-0.25, -0.2) is 8.78 Å². The van der Waals surface area contributed by atoms with Crippen molar-refractivity contribution in [3.63, 3.8) is 0 Å². The molecular formula is C10H16ClF2N3O.